The van der Waals surface area contributed by atoms with Gasteiger partial charge in [0.05, 0.1) is 17.7 Å². The first kappa shape index (κ1) is 18.0. The van der Waals surface area contributed by atoms with E-state index in [1.165, 1.54) is 18.9 Å². The number of aryl methyl sites for hydroxylation is 3. The Morgan fingerprint density at radius 3 is 2.62 bits per heavy atom. The SMILES string of the molecule is COC(=O)c1cc(/C=C2\SC(=Nc3c(C)cccc3C)NC2=O)oc1C. The molecular formula is C19H18N2O4S. The van der Waals surface area contributed by atoms with Crippen molar-refractivity contribution in [2.75, 3.05) is 7.11 Å². The monoisotopic (exact) mass is 370 g/mol. The molecule has 0 spiro atoms. The summed E-state index contributed by atoms with van der Waals surface area (Å²) < 4.78 is 10.2. The smallest absolute Gasteiger partial charge is 0.341 e. The molecule has 1 aromatic heterocycles. The lowest BCUT2D eigenvalue weighted by atomic mass is 10.1. The largest absolute Gasteiger partial charge is 0.465 e. The summed E-state index contributed by atoms with van der Waals surface area (Å²) in [6.45, 7) is 5.62. The first-order valence-electron chi connectivity index (χ1n) is 7.93. The molecule has 3 rings (SSSR count). The molecule has 0 saturated carbocycles. The Kier molecular flexibility index (Phi) is 4.99. The molecule has 0 atom stereocenters. The number of nitrogens with zero attached hydrogens (tertiary/aromatic N) is 1. The Hall–Kier alpha value is -2.80. The van der Waals surface area contributed by atoms with Gasteiger partial charge in [0.15, 0.2) is 5.17 Å². The third-order valence-electron chi connectivity index (χ3n) is 3.92. The number of hydrogen-bond donors (Lipinski definition) is 1. The Morgan fingerprint density at radius 2 is 1.96 bits per heavy atom. The van der Waals surface area contributed by atoms with Gasteiger partial charge in [0.25, 0.3) is 5.91 Å². The maximum Gasteiger partial charge on any atom is 0.341 e. The summed E-state index contributed by atoms with van der Waals surface area (Å²) in [5, 5.41) is 3.26. The van der Waals surface area contributed by atoms with Crippen LogP contribution in [0.4, 0.5) is 5.69 Å². The number of methoxy groups -OCH3 is 1. The third kappa shape index (κ3) is 3.57. The lowest BCUT2D eigenvalue weighted by Crippen LogP contribution is -2.19. The number of amides is 1. The van der Waals surface area contributed by atoms with Crippen LogP contribution < -0.4 is 5.32 Å². The number of ether oxygens (including phenoxy) is 1. The molecule has 0 bridgehead atoms. The van der Waals surface area contributed by atoms with Crippen LogP contribution in [0.2, 0.25) is 0 Å². The van der Waals surface area contributed by atoms with Crippen molar-refractivity contribution in [3.05, 3.63) is 57.4 Å². The minimum Gasteiger partial charge on any atom is -0.465 e. The van der Waals surface area contributed by atoms with Gasteiger partial charge < -0.3 is 14.5 Å². The Bertz CT molecular complexity index is 936. The van der Waals surface area contributed by atoms with Gasteiger partial charge in [-0.25, -0.2) is 9.79 Å². The van der Waals surface area contributed by atoms with Crippen molar-refractivity contribution >= 4 is 40.6 Å². The zero-order valence-corrected chi connectivity index (χ0v) is 15.7. The highest BCUT2D eigenvalue weighted by atomic mass is 32.2. The summed E-state index contributed by atoms with van der Waals surface area (Å²) in [7, 11) is 1.31. The second-order valence-electron chi connectivity index (χ2n) is 5.83. The number of amidine groups is 1. The first-order chi connectivity index (χ1) is 12.4. The average molecular weight is 370 g/mol. The maximum absolute atomic E-state index is 12.2. The molecule has 7 heteroatoms. The van der Waals surface area contributed by atoms with Crippen LogP contribution in [0.25, 0.3) is 6.08 Å². The number of rotatable bonds is 3. The van der Waals surface area contributed by atoms with Gasteiger partial charge in [-0.2, -0.15) is 0 Å². The van der Waals surface area contributed by atoms with Crippen LogP contribution in [-0.4, -0.2) is 24.2 Å². The number of furan rings is 1. The molecule has 1 saturated heterocycles. The van der Waals surface area contributed by atoms with Gasteiger partial charge in [0, 0.05) is 6.08 Å². The molecular weight excluding hydrogens is 352 g/mol. The van der Waals surface area contributed by atoms with Gasteiger partial charge >= 0.3 is 5.97 Å². The predicted octanol–water partition coefficient (Wildman–Crippen LogP) is 3.88. The van der Waals surface area contributed by atoms with Gasteiger partial charge in [-0.3, -0.25) is 4.79 Å². The van der Waals surface area contributed by atoms with Crippen molar-refractivity contribution in [3.8, 4) is 0 Å². The van der Waals surface area contributed by atoms with Gasteiger partial charge in [-0.15, -0.1) is 0 Å². The minimum absolute atomic E-state index is 0.256. The molecule has 0 radical (unpaired) electrons. The zero-order valence-electron chi connectivity index (χ0n) is 14.9. The molecule has 2 heterocycles. The van der Waals surface area contributed by atoms with Gasteiger partial charge in [-0.05, 0) is 49.7 Å². The van der Waals surface area contributed by atoms with Crippen molar-refractivity contribution in [2.45, 2.75) is 20.8 Å². The van der Waals surface area contributed by atoms with Crippen LogP contribution in [-0.2, 0) is 9.53 Å². The second-order valence-corrected chi connectivity index (χ2v) is 6.86. The Morgan fingerprint density at radius 1 is 1.27 bits per heavy atom. The third-order valence-corrected chi connectivity index (χ3v) is 4.83. The number of thioether (sulfide) groups is 1. The lowest BCUT2D eigenvalue weighted by molar-refractivity contribution is -0.115. The van der Waals surface area contributed by atoms with Crippen LogP contribution in [0, 0.1) is 20.8 Å². The van der Waals surface area contributed by atoms with E-state index in [1.807, 2.05) is 32.0 Å². The summed E-state index contributed by atoms with van der Waals surface area (Å²) in [5.74, 6) is 0.121. The Labute approximate surface area is 155 Å². The van der Waals surface area contributed by atoms with Crippen molar-refractivity contribution < 1.29 is 18.7 Å². The molecule has 134 valence electrons. The Balaban J connectivity index is 1.87. The standard InChI is InChI=1S/C19H18N2O4S/c1-10-6-5-7-11(2)16(10)20-19-21-17(22)15(26-19)9-13-8-14(12(3)25-13)18(23)24-4/h5-9H,1-4H3,(H,20,21,22)/b15-9-. The van der Waals surface area contributed by atoms with E-state index < -0.39 is 5.97 Å². The molecule has 1 aliphatic rings. The van der Waals surface area contributed by atoms with Crippen LogP contribution in [0.5, 0.6) is 0 Å². The maximum atomic E-state index is 12.2. The fraction of sp³-hybridized carbons (Fsp3) is 0.211. The number of nitrogens with one attached hydrogen (secondary N) is 1. The van der Waals surface area contributed by atoms with E-state index in [9.17, 15) is 9.59 Å². The predicted molar refractivity (Wildman–Crippen MR) is 102 cm³/mol. The first-order valence-corrected chi connectivity index (χ1v) is 8.75. The number of aliphatic imine (C=N–C) groups is 1. The van der Waals surface area contributed by atoms with Crippen molar-refractivity contribution in [1.82, 2.24) is 5.32 Å². The molecule has 1 fully saturated rings. The second kappa shape index (κ2) is 7.21. The molecule has 26 heavy (non-hydrogen) atoms. The lowest BCUT2D eigenvalue weighted by Gasteiger charge is -2.04. The van der Waals surface area contributed by atoms with Crippen LogP contribution in [0.3, 0.4) is 0 Å². The fourth-order valence-corrected chi connectivity index (χ4v) is 3.39. The number of benzene rings is 1. The molecule has 1 aromatic carbocycles. The van der Waals surface area contributed by atoms with Crippen molar-refractivity contribution in [2.24, 2.45) is 4.99 Å². The molecule has 1 aliphatic heterocycles. The van der Waals surface area contributed by atoms with Crippen LogP contribution >= 0.6 is 11.8 Å². The van der Waals surface area contributed by atoms with E-state index >= 15 is 0 Å². The van der Waals surface area contributed by atoms with Crippen molar-refractivity contribution in [3.63, 3.8) is 0 Å². The van der Waals surface area contributed by atoms with Crippen LogP contribution in [0.1, 0.15) is 33.0 Å². The van der Waals surface area contributed by atoms with E-state index in [1.54, 1.807) is 19.1 Å². The summed E-state index contributed by atoms with van der Waals surface area (Å²) in [6.07, 6.45) is 1.59. The number of carbonyl (C=O) groups is 2. The number of carbonyl (C=O) groups excluding carboxylic acids is 2. The highest BCUT2D eigenvalue weighted by Crippen LogP contribution is 2.31. The fourth-order valence-electron chi connectivity index (χ4n) is 2.58. The quantitative estimate of drug-likeness (QED) is 0.655. The van der Waals surface area contributed by atoms with Crippen molar-refractivity contribution in [1.29, 1.82) is 0 Å². The van der Waals surface area contributed by atoms with Gasteiger partial charge in [0.1, 0.15) is 17.1 Å². The molecule has 1 amide bonds. The highest BCUT2D eigenvalue weighted by molar-refractivity contribution is 8.18. The molecule has 2 aromatic rings. The number of para-hydroxylation sites is 1. The van der Waals surface area contributed by atoms with E-state index in [0.717, 1.165) is 16.8 Å². The van der Waals surface area contributed by atoms with E-state index in [2.05, 4.69) is 10.3 Å². The number of hydrogen-bond acceptors (Lipinski definition) is 6. The normalized spacial score (nSPS) is 17.0. The van der Waals surface area contributed by atoms with E-state index in [4.69, 9.17) is 9.15 Å². The van der Waals surface area contributed by atoms with Crippen LogP contribution in [0.15, 0.2) is 38.6 Å². The van der Waals surface area contributed by atoms with E-state index in [-0.39, 0.29) is 5.91 Å². The zero-order chi connectivity index (χ0) is 18.8. The number of esters is 1. The summed E-state index contributed by atoms with van der Waals surface area (Å²) >= 11 is 1.23. The summed E-state index contributed by atoms with van der Waals surface area (Å²) in [5.41, 5.74) is 3.26. The molecule has 1 N–H and O–H groups in total. The highest BCUT2D eigenvalue weighted by Gasteiger charge is 2.25. The molecule has 0 aliphatic carbocycles. The summed E-state index contributed by atoms with van der Waals surface area (Å²) in [4.78, 5) is 28.9. The molecule has 6 nitrogen and oxygen atoms in total. The van der Waals surface area contributed by atoms with Gasteiger partial charge in [0.2, 0.25) is 0 Å². The average Bonchev–Trinajstić information content (AvgIpc) is 3.13. The topological polar surface area (TPSA) is 80.9 Å². The van der Waals surface area contributed by atoms with E-state index in [0.29, 0.717) is 27.2 Å². The minimum atomic E-state index is -0.475. The van der Waals surface area contributed by atoms with Gasteiger partial charge in [-0.1, -0.05) is 18.2 Å². The molecule has 0 unspecified atom stereocenters. The summed E-state index contributed by atoms with van der Waals surface area (Å²) in [6, 6.07) is 7.48.